The molecule has 14 heteroatoms. The summed E-state index contributed by atoms with van der Waals surface area (Å²) in [5.74, 6) is -3.04. The molecule has 0 bridgehead atoms. The average Bonchev–Trinajstić information content (AvgIpc) is 3.05. The number of carbonyl (C=O) groups is 2. The van der Waals surface area contributed by atoms with E-state index in [-0.39, 0.29) is 45.9 Å². The van der Waals surface area contributed by atoms with Gasteiger partial charge in [-0.1, -0.05) is 54.6 Å². The number of halogens is 6. The number of nitrogens with one attached hydrogen (secondary N) is 1. The van der Waals surface area contributed by atoms with Gasteiger partial charge in [-0.2, -0.15) is 26.3 Å². The molecule has 8 nitrogen and oxygen atoms in total. The number of hydrogen-bond acceptors (Lipinski definition) is 5. The Hall–Kier alpha value is -4.43. The van der Waals surface area contributed by atoms with Crippen molar-refractivity contribution in [2.45, 2.75) is 44.6 Å². The Bertz CT molecular complexity index is 1930. The number of carbonyl (C=O) groups excluding carboxylic acids is 1. The van der Waals surface area contributed by atoms with Gasteiger partial charge in [0.1, 0.15) is 11.5 Å². The van der Waals surface area contributed by atoms with Crippen LogP contribution in [0.3, 0.4) is 0 Å². The van der Waals surface area contributed by atoms with E-state index < -0.39 is 71.6 Å². The predicted molar refractivity (Wildman–Crippen MR) is 171 cm³/mol. The summed E-state index contributed by atoms with van der Waals surface area (Å²) in [5, 5.41) is 12.4. The Kier molecular flexibility index (Phi) is 10.1. The predicted octanol–water partition coefficient (Wildman–Crippen LogP) is 6.17. The summed E-state index contributed by atoms with van der Waals surface area (Å²) >= 11 is 0. The lowest BCUT2D eigenvalue weighted by atomic mass is 9.76. The van der Waals surface area contributed by atoms with Crippen LogP contribution >= 0.6 is 0 Å². The molecule has 1 saturated heterocycles. The van der Waals surface area contributed by atoms with E-state index >= 15 is 0 Å². The first-order valence-corrected chi connectivity index (χ1v) is 15.7. The molecule has 1 aromatic heterocycles. The minimum atomic E-state index is -4.96. The molecule has 2 N–H and O–H groups in total. The summed E-state index contributed by atoms with van der Waals surface area (Å²) in [5.41, 5.74) is -5.16. The van der Waals surface area contributed by atoms with Crippen LogP contribution in [0.25, 0.3) is 32.8 Å². The molecule has 4 aromatic rings. The molecular weight excluding hydrogens is 656 g/mol. The molecule has 0 saturated carbocycles. The number of benzene rings is 3. The van der Waals surface area contributed by atoms with Gasteiger partial charge in [-0.25, -0.2) is 4.79 Å². The van der Waals surface area contributed by atoms with E-state index in [0.29, 0.717) is 19.8 Å². The number of para-hydroxylation sites is 1. The van der Waals surface area contributed by atoms with Crippen LogP contribution < -0.4 is 10.9 Å². The second kappa shape index (κ2) is 13.8. The monoisotopic (exact) mass is 691 g/mol. The lowest BCUT2D eigenvalue weighted by molar-refractivity contribution is -0.233. The molecule has 3 aromatic carbocycles. The Morgan fingerprint density at radius 1 is 0.939 bits per heavy atom. The largest absolute Gasteiger partial charge is 0.480 e. The van der Waals surface area contributed by atoms with Gasteiger partial charge in [0.25, 0.3) is 5.56 Å². The van der Waals surface area contributed by atoms with Gasteiger partial charge in [0.15, 0.2) is 0 Å². The number of aromatic nitrogens is 1. The number of carboxylic acids is 1. The standard InChI is InChI=1S/C35H35F6N3O5/c1-3-49-19-18-44-16-14-33(15-17-44,35(39,40)41)32(48)42-26(31(46)47)20-21-8-6-11-23-22(21)10-7-12-24(23)28-29(34(36,37)38)25-9-4-5-13-27(25)43(2)30(28)45/h4-13,26H,3,14-20H2,1-2H3,(H,42,48)(H,46,47)/t26-/m0/s1. The quantitative estimate of drug-likeness (QED) is 0.153. The highest BCUT2D eigenvalue weighted by Crippen LogP contribution is 2.47. The zero-order valence-corrected chi connectivity index (χ0v) is 26.8. The normalized spacial score (nSPS) is 16.2. The maximum absolute atomic E-state index is 14.7. The minimum absolute atomic E-state index is 0.0437. The van der Waals surface area contributed by atoms with Crippen molar-refractivity contribution in [1.29, 1.82) is 0 Å². The van der Waals surface area contributed by atoms with Crippen LogP contribution in [0.4, 0.5) is 26.3 Å². The summed E-state index contributed by atoms with van der Waals surface area (Å²) in [6.07, 6.45) is -11.5. The van der Waals surface area contributed by atoms with Gasteiger partial charge < -0.3 is 24.6 Å². The van der Waals surface area contributed by atoms with E-state index in [1.807, 2.05) is 0 Å². The number of fused-ring (bicyclic) bond motifs is 2. The second-order valence-corrected chi connectivity index (χ2v) is 12.1. The van der Waals surface area contributed by atoms with Gasteiger partial charge in [0.2, 0.25) is 5.91 Å². The molecule has 1 aliphatic rings. The number of aliphatic carboxylic acids is 1. The maximum atomic E-state index is 14.7. The molecule has 262 valence electrons. The van der Waals surface area contributed by atoms with Gasteiger partial charge >= 0.3 is 18.3 Å². The van der Waals surface area contributed by atoms with E-state index in [9.17, 15) is 45.8 Å². The molecule has 0 radical (unpaired) electrons. The zero-order valence-electron chi connectivity index (χ0n) is 26.8. The molecule has 0 spiro atoms. The molecule has 5 rings (SSSR count). The van der Waals surface area contributed by atoms with Crippen molar-refractivity contribution < 1.29 is 45.8 Å². The van der Waals surface area contributed by atoms with Gasteiger partial charge in [-0.15, -0.1) is 0 Å². The number of rotatable bonds is 10. The number of piperidine rings is 1. The number of nitrogens with zero attached hydrogens (tertiary/aromatic N) is 2. The fourth-order valence-electron chi connectivity index (χ4n) is 6.66. The molecule has 1 fully saturated rings. The van der Waals surface area contributed by atoms with E-state index in [0.717, 1.165) is 4.57 Å². The van der Waals surface area contributed by atoms with E-state index in [1.54, 1.807) is 11.8 Å². The van der Waals surface area contributed by atoms with Gasteiger partial charge in [0, 0.05) is 32.0 Å². The van der Waals surface area contributed by atoms with Gasteiger partial charge in [-0.3, -0.25) is 9.59 Å². The number of likely N-dealkylation sites (tertiary alicyclic amines) is 1. The zero-order chi connectivity index (χ0) is 35.7. The second-order valence-electron chi connectivity index (χ2n) is 12.1. The van der Waals surface area contributed by atoms with Crippen LogP contribution in [0.5, 0.6) is 0 Å². The van der Waals surface area contributed by atoms with Crippen molar-refractivity contribution in [3.8, 4) is 11.1 Å². The lowest BCUT2D eigenvalue weighted by Gasteiger charge is -2.42. The third-order valence-corrected chi connectivity index (χ3v) is 9.34. The smallest absolute Gasteiger partial charge is 0.417 e. The number of carboxylic acid groups (broad SMARTS) is 1. The number of hydrogen-bond donors (Lipinski definition) is 2. The highest BCUT2D eigenvalue weighted by molar-refractivity contribution is 6.02. The van der Waals surface area contributed by atoms with Crippen molar-refractivity contribution in [3.05, 3.63) is 82.1 Å². The lowest BCUT2D eigenvalue weighted by Crippen LogP contribution is -2.59. The van der Waals surface area contributed by atoms with Crippen LogP contribution in [-0.2, 0) is 34.0 Å². The molecule has 1 aliphatic heterocycles. The SMILES string of the molecule is CCOCCN1CCC(C(=O)N[C@@H](Cc2cccc3c(-c4c(C(F)(F)F)c5ccccc5n(C)c4=O)cccc23)C(=O)O)(C(F)(F)F)CC1. The topological polar surface area (TPSA) is 101 Å². The molecular formula is C35H35F6N3O5. The van der Waals surface area contributed by atoms with Crippen LogP contribution in [0.1, 0.15) is 30.9 Å². The van der Waals surface area contributed by atoms with Gasteiger partial charge in [0.05, 0.1) is 23.3 Å². The van der Waals surface area contributed by atoms with E-state index in [4.69, 9.17) is 4.74 Å². The average molecular weight is 692 g/mol. The van der Waals surface area contributed by atoms with Crippen LogP contribution in [0.15, 0.2) is 65.5 Å². The van der Waals surface area contributed by atoms with Crippen LogP contribution in [0.2, 0.25) is 0 Å². The molecule has 1 atom stereocenters. The van der Waals surface area contributed by atoms with E-state index in [2.05, 4.69) is 5.32 Å². The first-order chi connectivity index (χ1) is 23.1. The number of amides is 1. The number of alkyl halides is 6. The highest BCUT2D eigenvalue weighted by Gasteiger charge is 2.61. The van der Waals surface area contributed by atoms with Crippen molar-refractivity contribution in [2.24, 2.45) is 12.5 Å². The Labute approximate surface area is 277 Å². The fraction of sp³-hybridized carbons (Fsp3) is 0.400. The molecule has 0 unspecified atom stereocenters. The Morgan fingerprint density at radius 2 is 1.57 bits per heavy atom. The number of aryl methyl sites for hydroxylation is 1. The summed E-state index contributed by atoms with van der Waals surface area (Å²) < 4.78 is 93.8. The summed E-state index contributed by atoms with van der Waals surface area (Å²) in [4.78, 5) is 41.0. The van der Waals surface area contributed by atoms with Crippen LogP contribution in [0, 0.1) is 5.41 Å². The van der Waals surface area contributed by atoms with Gasteiger partial charge in [-0.05, 0) is 60.8 Å². The fourth-order valence-corrected chi connectivity index (χ4v) is 6.66. The van der Waals surface area contributed by atoms with Crippen molar-refractivity contribution in [3.63, 3.8) is 0 Å². The molecule has 49 heavy (non-hydrogen) atoms. The molecule has 2 heterocycles. The third-order valence-electron chi connectivity index (χ3n) is 9.34. The molecule has 0 aliphatic carbocycles. The Morgan fingerprint density at radius 3 is 2.20 bits per heavy atom. The number of pyridine rings is 1. The van der Waals surface area contributed by atoms with E-state index in [1.165, 1.54) is 67.7 Å². The summed E-state index contributed by atoms with van der Waals surface area (Å²) in [7, 11) is 1.36. The minimum Gasteiger partial charge on any atom is -0.480 e. The Balaban J connectivity index is 1.52. The summed E-state index contributed by atoms with van der Waals surface area (Å²) in [6, 6.07) is 12.6. The maximum Gasteiger partial charge on any atom is 0.417 e. The van der Waals surface area contributed by atoms with Crippen molar-refractivity contribution in [1.82, 2.24) is 14.8 Å². The molecule has 1 amide bonds. The summed E-state index contributed by atoms with van der Waals surface area (Å²) in [6.45, 7) is 2.87. The third kappa shape index (κ3) is 6.89. The van der Waals surface area contributed by atoms with Crippen LogP contribution in [-0.4, -0.2) is 71.5 Å². The van der Waals surface area contributed by atoms with Crippen molar-refractivity contribution >= 4 is 33.6 Å². The first-order valence-electron chi connectivity index (χ1n) is 15.7. The highest BCUT2D eigenvalue weighted by atomic mass is 19.4. The number of ether oxygens (including phenoxy) is 1. The van der Waals surface area contributed by atoms with Crippen molar-refractivity contribution in [2.75, 3.05) is 32.8 Å². The first kappa shape index (κ1) is 35.9.